The predicted molar refractivity (Wildman–Crippen MR) is 175 cm³/mol. The lowest BCUT2D eigenvalue weighted by Gasteiger charge is -2.17. The van der Waals surface area contributed by atoms with Crippen LogP contribution in [-0.2, 0) is 0 Å². The van der Waals surface area contributed by atoms with Crippen molar-refractivity contribution in [1.29, 1.82) is 0 Å². The Morgan fingerprint density at radius 1 is 0.419 bits per heavy atom. The number of fused-ring (bicyclic) bond motifs is 4. The summed E-state index contributed by atoms with van der Waals surface area (Å²) in [6.45, 7) is 0. The van der Waals surface area contributed by atoms with Crippen LogP contribution in [0.25, 0.3) is 43.1 Å². The number of hydrogen-bond acceptors (Lipinski definition) is 6. The Labute approximate surface area is 259 Å². The highest BCUT2D eigenvalue weighted by molar-refractivity contribution is 14.1. The van der Waals surface area contributed by atoms with Crippen LogP contribution in [0.3, 0.4) is 0 Å². The summed E-state index contributed by atoms with van der Waals surface area (Å²) < 4.78 is 24.1. The Morgan fingerprint density at radius 2 is 0.837 bits per heavy atom. The third-order valence-electron chi connectivity index (χ3n) is 7.14. The van der Waals surface area contributed by atoms with E-state index in [1.165, 1.54) is 0 Å². The number of benzene rings is 7. The van der Waals surface area contributed by atoms with E-state index in [1.54, 1.807) is 24.3 Å². The number of hydrogen-bond donors (Lipinski definition) is 0. The lowest BCUT2D eigenvalue weighted by Crippen LogP contribution is -2.16. The Hall–Kier alpha value is -5.15. The fourth-order valence-electron chi connectivity index (χ4n) is 5.25. The van der Waals surface area contributed by atoms with E-state index in [0.29, 0.717) is 44.5 Å². The molecule has 0 heterocycles. The molecule has 0 aromatic heterocycles. The molecule has 0 saturated carbocycles. The van der Waals surface area contributed by atoms with E-state index in [-0.39, 0.29) is 0 Å². The van der Waals surface area contributed by atoms with Crippen LogP contribution in [0, 0.1) is 3.57 Å². The minimum atomic E-state index is -0.884. The molecule has 208 valence electrons. The van der Waals surface area contributed by atoms with Gasteiger partial charge in [0.05, 0.1) is 0 Å². The predicted octanol–water partition coefficient (Wildman–Crippen LogP) is 10.1. The summed E-state index contributed by atoms with van der Waals surface area (Å²) in [5.41, 5.74) is 0. The average molecular weight is 676 g/mol. The van der Waals surface area contributed by atoms with Gasteiger partial charge in [0, 0.05) is 35.9 Å². The summed E-state index contributed by atoms with van der Waals surface area (Å²) in [4.78, 5) is 26.4. The first-order valence-electron chi connectivity index (χ1n) is 13.4. The number of carbonyl (C=O) groups is 2. The van der Waals surface area contributed by atoms with Crippen molar-refractivity contribution in [3.05, 3.63) is 131 Å². The van der Waals surface area contributed by atoms with Crippen LogP contribution >= 0.6 is 22.6 Å². The molecule has 0 unspecified atom stereocenters. The van der Waals surface area contributed by atoms with Gasteiger partial charge in [-0.2, -0.15) is 0 Å². The smallest absolute Gasteiger partial charge is 0.394 e. The highest BCUT2D eigenvalue weighted by Crippen LogP contribution is 2.44. The lowest BCUT2D eigenvalue weighted by molar-refractivity contribution is 0.151. The van der Waals surface area contributed by atoms with Crippen molar-refractivity contribution < 1.29 is 28.5 Å². The zero-order valence-corrected chi connectivity index (χ0v) is 24.6. The second-order valence-electron chi connectivity index (χ2n) is 9.76. The highest BCUT2D eigenvalue weighted by atomic mass is 127. The first-order valence-corrected chi connectivity index (χ1v) is 14.5. The van der Waals surface area contributed by atoms with Crippen LogP contribution in [0.1, 0.15) is 0 Å². The number of halogens is 1. The second-order valence-corrected chi connectivity index (χ2v) is 11.0. The van der Waals surface area contributed by atoms with Crippen molar-refractivity contribution in [3.63, 3.8) is 0 Å². The van der Waals surface area contributed by atoms with Crippen molar-refractivity contribution in [2.75, 3.05) is 0 Å². The van der Waals surface area contributed by atoms with Crippen LogP contribution in [-0.4, -0.2) is 12.3 Å². The second kappa shape index (κ2) is 11.3. The van der Waals surface area contributed by atoms with E-state index in [2.05, 4.69) is 22.6 Å². The summed E-state index contributed by atoms with van der Waals surface area (Å²) >= 11 is 2.19. The molecule has 0 saturated heterocycles. The van der Waals surface area contributed by atoms with Gasteiger partial charge in [0.25, 0.3) is 0 Å². The fourth-order valence-corrected chi connectivity index (χ4v) is 5.74. The quantitative estimate of drug-likeness (QED) is 0.0800. The van der Waals surface area contributed by atoms with Crippen LogP contribution < -0.4 is 18.9 Å². The summed E-state index contributed by atoms with van der Waals surface area (Å²) in [6.07, 6.45) is -1.77. The number of rotatable bonds is 4. The highest BCUT2D eigenvalue weighted by Gasteiger charge is 2.22. The van der Waals surface area contributed by atoms with Crippen LogP contribution in [0.2, 0.25) is 0 Å². The van der Waals surface area contributed by atoms with E-state index in [0.717, 1.165) is 25.1 Å². The molecule has 0 N–H and O–H groups in total. The van der Waals surface area contributed by atoms with Gasteiger partial charge in [-0.15, -0.1) is 0 Å². The lowest BCUT2D eigenvalue weighted by atomic mass is 10.0. The molecule has 0 atom stereocenters. The molecule has 0 bridgehead atoms. The summed E-state index contributed by atoms with van der Waals surface area (Å²) in [5, 5.41) is 5.75. The molecule has 0 fully saturated rings. The zero-order chi connectivity index (χ0) is 29.3. The van der Waals surface area contributed by atoms with Gasteiger partial charge in [0.1, 0.15) is 17.2 Å². The largest absolute Gasteiger partial charge is 0.519 e. The molecule has 43 heavy (non-hydrogen) atoms. The van der Waals surface area contributed by atoms with Gasteiger partial charge < -0.3 is 18.9 Å². The van der Waals surface area contributed by atoms with Gasteiger partial charge in [-0.25, -0.2) is 9.59 Å². The van der Waals surface area contributed by atoms with Crippen molar-refractivity contribution in [1.82, 2.24) is 0 Å². The van der Waals surface area contributed by atoms with Gasteiger partial charge in [0.15, 0.2) is 5.75 Å². The van der Waals surface area contributed by atoms with Gasteiger partial charge >= 0.3 is 12.3 Å². The maximum atomic E-state index is 13.2. The fraction of sp³-hybridized carbons (Fsp3) is 0. The summed E-state index contributed by atoms with van der Waals surface area (Å²) in [5.74, 6) is 1.37. The molecule has 0 aliphatic carbocycles. The van der Waals surface area contributed by atoms with Gasteiger partial charge in [-0.3, -0.25) is 0 Å². The number of ether oxygens (including phenoxy) is 4. The number of carbonyl (C=O) groups excluding carboxylic acids is 2. The van der Waals surface area contributed by atoms with E-state index < -0.39 is 12.3 Å². The Kier molecular flexibility index (Phi) is 7.00. The molecule has 6 nitrogen and oxygen atoms in total. The molecule has 7 aromatic rings. The molecular formula is C36H21IO6. The summed E-state index contributed by atoms with van der Waals surface area (Å²) in [7, 11) is 0. The average Bonchev–Trinajstić information content (AvgIpc) is 3.03. The first-order chi connectivity index (χ1) is 21.0. The molecular weight excluding hydrogens is 655 g/mol. The van der Waals surface area contributed by atoms with Crippen LogP contribution in [0.5, 0.6) is 23.0 Å². The maximum Gasteiger partial charge on any atom is 0.519 e. The third kappa shape index (κ3) is 5.19. The van der Waals surface area contributed by atoms with Crippen molar-refractivity contribution in [2.24, 2.45) is 0 Å². The van der Waals surface area contributed by atoms with Crippen molar-refractivity contribution >= 4 is 78.0 Å². The van der Waals surface area contributed by atoms with Gasteiger partial charge in [-0.05, 0) is 63.7 Å². The van der Waals surface area contributed by atoms with E-state index in [9.17, 15) is 9.59 Å². The van der Waals surface area contributed by atoms with Gasteiger partial charge in [-0.1, -0.05) is 97.1 Å². The molecule has 0 aliphatic rings. The maximum absolute atomic E-state index is 13.2. The first kappa shape index (κ1) is 26.7. The minimum absolute atomic E-state index is 0.294. The van der Waals surface area contributed by atoms with E-state index in [4.69, 9.17) is 18.9 Å². The monoisotopic (exact) mass is 676 g/mol. The van der Waals surface area contributed by atoms with Gasteiger partial charge in [0.2, 0.25) is 0 Å². The third-order valence-corrected chi connectivity index (χ3v) is 7.81. The Morgan fingerprint density at radius 3 is 1.37 bits per heavy atom. The molecule has 0 aliphatic heterocycles. The molecule has 7 heteroatoms. The van der Waals surface area contributed by atoms with Crippen LogP contribution in [0.15, 0.2) is 127 Å². The molecule has 7 aromatic carbocycles. The standard InChI is InChI=1S/C36H21IO6/c37-24-19-20-29-30(21-24)34(43-36(39)41-32-18-8-12-23-10-2-4-14-26(23)32)28-16-6-5-15-27(28)33(29)42-35(38)40-31-17-7-11-22-9-1-3-13-25(22)31/h1-21H. The molecule has 0 amide bonds. The Balaban J connectivity index is 1.27. The molecule has 0 spiro atoms. The minimum Gasteiger partial charge on any atom is -0.394 e. The van der Waals surface area contributed by atoms with Crippen molar-refractivity contribution in [3.8, 4) is 23.0 Å². The SMILES string of the molecule is O=C(Oc1cccc2ccccc12)Oc1c2ccccc2c(OC(=O)Oc2cccc3ccccc23)c2cc(I)ccc12. The molecule has 0 radical (unpaired) electrons. The normalized spacial score (nSPS) is 11.1. The Bertz CT molecular complexity index is 2200. The topological polar surface area (TPSA) is 71.1 Å². The van der Waals surface area contributed by atoms with Crippen LogP contribution in [0.4, 0.5) is 9.59 Å². The van der Waals surface area contributed by atoms with E-state index >= 15 is 0 Å². The molecule has 7 rings (SSSR count). The zero-order valence-electron chi connectivity index (χ0n) is 22.5. The van der Waals surface area contributed by atoms with E-state index in [1.807, 2.05) is 103 Å². The van der Waals surface area contributed by atoms with Crippen molar-refractivity contribution in [2.45, 2.75) is 0 Å². The summed E-state index contributed by atoms with van der Waals surface area (Å²) in [6, 6.07) is 39.1.